The van der Waals surface area contributed by atoms with Gasteiger partial charge in [0.15, 0.2) is 6.29 Å². The van der Waals surface area contributed by atoms with Gasteiger partial charge < -0.3 is 5.11 Å². The molecule has 6 heteroatoms. The van der Waals surface area contributed by atoms with E-state index in [-0.39, 0.29) is 11.8 Å². The molecule has 0 aliphatic heterocycles. The first-order chi connectivity index (χ1) is 7.51. The quantitative estimate of drug-likeness (QED) is 0.798. The van der Waals surface area contributed by atoms with Crippen LogP contribution in [0, 0.1) is 11.3 Å². The van der Waals surface area contributed by atoms with Crippen molar-refractivity contribution in [1.82, 2.24) is 0 Å². The molecule has 0 fully saturated rings. The molecule has 1 aromatic carbocycles. The highest BCUT2D eigenvalue weighted by molar-refractivity contribution is 5.95. The fraction of sp³-hybridized carbons (Fsp3) is 0.100. The lowest BCUT2D eigenvalue weighted by molar-refractivity contribution is 0.0696. The number of hydrogen-bond donors (Lipinski definition) is 1. The molecular formula is C10H5F2NO3. The van der Waals surface area contributed by atoms with Gasteiger partial charge in [-0.25, -0.2) is 13.6 Å². The first-order valence-corrected chi connectivity index (χ1v) is 4.06. The van der Waals surface area contributed by atoms with Crippen molar-refractivity contribution in [2.45, 2.75) is 6.43 Å². The third-order valence-corrected chi connectivity index (χ3v) is 1.91. The number of nitriles is 1. The van der Waals surface area contributed by atoms with Crippen LogP contribution in [0.5, 0.6) is 0 Å². The summed E-state index contributed by atoms with van der Waals surface area (Å²) in [5.74, 6) is -1.53. The van der Waals surface area contributed by atoms with E-state index in [1.165, 1.54) is 6.07 Å². The highest BCUT2D eigenvalue weighted by Crippen LogP contribution is 2.24. The van der Waals surface area contributed by atoms with Crippen molar-refractivity contribution >= 4 is 12.3 Å². The van der Waals surface area contributed by atoms with E-state index in [0.29, 0.717) is 6.07 Å². The van der Waals surface area contributed by atoms with E-state index in [2.05, 4.69) is 0 Å². The lowest BCUT2D eigenvalue weighted by Gasteiger charge is -2.05. The van der Waals surface area contributed by atoms with E-state index in [0.717, 1.165) is 6.07 Å². The van der Waals surface area contributed by atoms with Crippen molar-refractivity contribution in [3.05, 3.63) is 34.4 Å². The number of hydrogen-bond acceptors (Lipinski definition) is 3. The van der Waals surface area contributed by atoms with Gasteiger partial charge in [0, 0.05) is 11.1 Å². The van der Waals surface area contributed by atoms with E-state index in [1.54, 1.807) is 0 Å². The molecule has 16 heavy (non-hydrogen) atoms. The number of carbonyl (C=O) groups is 2. The Morgan fingerprint density at radius 3 is 2.50 bits per heavy atom. The van der Waals surface area contributed by atoms with Gasteiger partial charge in [0.2, 0.25) is 0 Å². The second-order valence-electron chi connectivity index (χ2n) is 2.87. The van der Waals surface area contributed by atoms with E-state index in [9.17, 15) is 18.4 Å². The Hall–Kier alpha value is -2.29. The monoisotopic (exact) mass is 225 g/mol. The summed E-state index contributed by atoms with van der Waals surface area (Å²) in [6.45, 7) is 0. The fourth-order valence-electron chi connectivity index (χ4n) is 1.20. The molecule has 4 nitrogen and oxygen atoms in total. The van der Waals surface area contributed by atoms with E-state index in [1.807, 2.05) is 0 Å². The molecule has 0 unspecified atom stereocenters. The molecule has 0 aromatic heterocycles. The Morgan fingerprint density at radius 2 is 2.12 bits per heavy atom. The van der Waals surface area contributed by atoms with E-state index >= 15 is 0 Å². The molecule has 0 atom stereocenters. The number of carboxylic acid groups (broad SMARTS) is 1. The molecule has 82 valence electrons. The predicted molar refractivity (Wildman–Crippen MR) is 48.5 cm³/mol. The van der Waals surface area contributed by atoms with E-state index < -0.39 is 29.1 Å². The van der Waals surface area contributed by atoms with Crippen molar-refractivity contribution in [2.24, 2.45) is 0 Å². The van der Waals surface area contributed by atoms with Gasteiger partial charge in [-0.1, -0.05) is 0 Å². The lowest BCUT2D eigenvalue weighted by atomic mass is 9.99. The van der Waals surface area contributed by atoms with Gasteiger partial charge in [-0.2, -0.15) is 5.26 Å². The highest BCUT2D eigenvalue weighted by Gasteiger charge is 2.19. The van der Waals surface area contributed by atoms with Crippen molar-refractivity contribution < 1.29 is 23.5 Å². The third-order valence-electron chi connectivity index (χ3n) is 1.91. The number of carbonyl (C=O) groups excluding carboxylic acids is 1. The minimum atomic E-state index is -2.90. The molecule has 0 radical (unpaired) electrons. The van der Waals surface area contributed by atoms with Crippen molar-refractivity contribution in [1.29, 1.82) is 5.26 Å². The fourth-order valence-corrected chi connectivity index (χ4v) is 1.20. The molecule has 0 amide bonds. The van der Waals surface area contributed by atoms with Crippen LogP contribution in [0.25, 0.3) is 0 Å². The predicted octanol–water partition coefficient (Wildman–Crippen LogP) is 2.01. The summed E-state index contributed by atoms with van der Waals surface area (Å²) in [5.41, 5.74) is -1.95. The Labute approximate surface area is 88.7 Å². The van der Waals surface area contributed by atoms with Crippen LogP contribution in [0.3, 0.4) is 0 Å². The summed E-state index contributed by atoms with van der Waals surface area (Å²) >= 11 is 0. The zero-order valence-corrected chi connectivity index (χ0v) is 7.78. The van der Waals surface area contributed by atoms with E-state index in [4.69, 9.17) is 10.4 Å². The standard InChI is InChI=1S/C10H5F2NO3/c11-9(12)5-1-6(4-14)8(3-13)7(2-5)10(15)16/h1-2,4,9H,(H,15,16). The maximum Gasteiger partial charge on any atom is 0.337 e. The lowest BCUT2D eigenvalue weighted by Crippen LogP contribution is -2.05. The SMILES string of the molecule is N#Cc1c(C=O)cc(C(F)F)cc1C(=O)O. The molecule has 0 saturated carbocycles. The van der Waals surface area contributed by atoms with Crippen LogP contribution in [0.4, 0.5) is 8.78 Å². The minimum Gasteiger partial charge on any atom is -0.478 e. The van der Waals surface area contributed by atoms with Crippen molar-refractivity contribution in [2.75, 3.05) is 0 Å². The Kier molecular flexibility index (Phi) is 3.30. The summed E-state index contributed by atoms with van der Waals surface area (Å²) in [4.78, 5) is 21.3. The Morgan fingerprint density at radius 1 is 1.50 bits per heavy atom. The molecule has 0 heterocycles. The van der Waals surface area contributed by atoms with Crippen molar-refractivity contribution in [3.63, 3.8) is 0 Å². The van der Waals surface area contributed by atoms with Gasteiger partial charge in [0.25, 0.3) is 6.43 Å². The Balaban J connectivity index is 3.57. The number of alkyl halides is 2. The topological polar surface area (TPSA) is 78.2 Å². The summed E-state index contributed by atoms with van der Waals surface area (Å²) < 4.78 is 24.7. The minimum absolute atomic E-state index is 0.177. The zero-order valence-electron chi connectivity index (χ0n) is 7.78. The number of halogens is 2. The normalized spacial score (nSPS) is 9.88. The summed E-state index contributed by atoms with van der Waals surface area (Å²) in [7, 11) is 0. The molecule has 0 aliphatic carbocycles. The summed E-state index contributed by atoms with van der Waals surface area (Å²) in [5, 5.41) is 17.4. The van der Waals surface area contributed by atoms with Crippen LogP contribution in [0.2, 0.25) is 0 Å². The molecule has 0 bridgehead atoms. The maximum absolute atomic E-state index is 12.4. The van der Waals surface area contributed by atoms with Crippen LogP contribution in [0.1, 0.15) is 38.3 Å². The molecule has 0 aliphatic rings. The van der Waals surface area contributed by atoms with Gasteiger partial charge in [-0.15, -0.1) is 0 Å². The molecule has 1 aromatic rings. The van der Waals surface area contributed by atoms with Crippen LogP contribution in [-0.4, -0.2) is 17.4 Å². The Bertz CT molecular complexity index is 492. The first-order valence-electron chi connectivity index (χ1n) is 4.06. The average Bonchev–Trinajstić information content (AvgIpc) is 2.26. The van der Waals surface area contributed by atoms with Crippen LogP contribution in [-0.2, 0) is 0 Å². The number of aldehydes is 1. The number of nitrogens with zero attached hydrogens (tertiary/aromatic N) is 1. The summed E-state index contributed by atoms with van der Waals surface area (Å²) in [6, 6.07) is 3.01. The second-order valence-corrected chi connectivity index (χ2v) is 2.87. The molecule has 1 rings (SSSR count). The second kappa shape index (κ2) is 4.49. The van der Waals surface area contributed by atoms with Gasteiger partial charge in [0.05, 0.1) is 11.1 Å². The van der Waals surface area contributed by atoms with Gasteiger partial charge in [0.1, 0.15) is 6.07 Å². The smallest absolute Gasteiger partial charge is 0.337 e. The number of benzene rings is 1. The van der Waals surface area contributed by atoms with Crippen LogP contribution >= 0.6 is 0 Å². The first kappa shape index (κ1) is 11.8. The van der Waals surface area contributed by atoms with Gasteiger partial charge >= 0.3 is 5.97 Å². The van der Waals surface area contributed by atoms with Gasteiger partial charge in [-0.3, -0.25) is 4.79 Å². The van der Waals surface area contributed by atoms with Crippen molar-refractivity contribution in [3.8, 4) is 6.07 Å². The highest BCUT2D eigenvalue weighted by atomic mass is 19.3. The van der Waals surface area contributed by atoms with Crippen LogP contribution in [0.15, 0.2) is 12.1 Å². The largest absolute Gasteiger partial charge is 0.478 e. The number of rotatable bonds is 3. The molecule has 1 N–H and O–H groups in total. The number of carboxylic acids is 1. The molecular weight excluding hydrogens is 220 g/mol. The number of aromatic carboxylic acids is 1. The zero-order chi connectivity index (χ0) is 12.3. The molecule has 0 saturated heterocycles. The van der Waals surface area contributed by atoms with Crippen LogP contribution < -0.4 is 0 Å². The third kappa shape index (κ3) is 2.03. The van der Waals surface area contributed by atoms with Gasteiger partial charge in [-0.05, 0) is 12.1 Å². The molecule has 0 spiro atoms. The summed E-state index contributed by atoms with van der Waals surface area (Å²) in [6.07, 6.45) is -2.72. The average molecular weight is 225 g/mol. The maximum atomic E-state index is 12.4.